The molecule has 0 aliphatic carbocycles. The van der Waals surface area contributed by atoms with E-state index < -0.39 is 0 Å². The number of rotatable bonds is 1. The minimum Gasteiger partial charge on any atom is -0.295 e. The van der Waals surface area contributed by atoms with Gasteiger partial charge in [0.2, 0.25) is 0 Å². The fourth-order valence-electron chi connectivity index (χ4n) is 1.99. The summed E-state index contributed by atoms with van der Waals surface area (Å²) in [6, 6.07) is 4.71. The van der Waals surface area contributed by atoms with Gasteiger partial charge >= 0.3 is 0 Å². The highest BCUT2D eigenvalue weighted by atomic mass is 15.1. The Kier molecular flexibility index (Phi) is 2.64. The number of hydrogen-bond donors (Lipinski definition) is 0. The van der Waals surface area contributed by atoms with Crippen molar-refractivity contribution in [3.8, 4) is 0 Å². The van der Waals surface area contributed by atoms with Gasteiger partial charge in [-0.3, -0.25) is 9.88 Å². The molecule has 0 radical (unpaired) electrons. The van der Waals surface area contributed by atoms with Crippen LogP contribution in [0.3, 0.4) is 0 Å². The first-order chi connectivity index (χ1) is 6.79. The summed E-state index contributed by atoms with van der Waals surface area (Å²) in [4.78, 5) is 6.70. The zero-order valence-electron chi connectivity index (χ0n) is 8.77. The average molecular weight is 188 g/mol. The third kappa shape index (κ3) is 1.70. The number of hydrogen-bond acceptors (Lipinski definition) is 2. The number of nitrogens with zero attached hydrogens (tertiary/aromatic N) is 2. The molecule has 1 aliphatic rings. The molecule has 14 heavy (non-hydrogen) atoms. The van der Waals surface area contributed by atoms with Crippen molar-refractivity contribution in [2.45, 2.75) is 19.4 Å². The summed E-state index contributed by atoms with van der Waals surface area (Å²) in [6.45, 7) is 3.13. The van der Waals surface area contributed by atoms with Crippen LogP contribution >= 0.6 is 0 Å². The molecular weight excluding hydrogens is 172 g/mol. The maximum Gasteiger partial charge on any atom is 0.0420 e. The van der Waals surface area contributed by atoms with E-state index in [0.29, 0.717) is 6.04 Å². The molecule has 1 aliphatic heterocycles. The summed E-state index contributed by atoms with van der Waals surface area (Å²) in [5.41, 5.74) is 2.51. The minimum atomic E-state index is 0.508. The summed E-state index contributed by atoms with van der Waals surface area (Å²) in [6.07, 6.45) is 7.44. The summed E-state index contributed by atoms with van der Waals surface area (Å²) in [5, 5.41) is 0. The highest BCUT2D eigenvalue weighted by molar-refractivity contribution is 5.24. The van der Waals surface area contributed by atoms with Crippen LogP contribution in [-0.4, -0.2) is 23.5 Å². The van der Waals surface area contributed by atoms with Crippen molar-refractivity contribution in [3.05, 3.63) is 41.7 Å². The maximum atomic E-state index is 4.34. The average Bonchev–Trinajstić information content (AvgIpc) is 2.20. The second-order valence-corrected chi connectivity index (χ2v) is 3.84. The standard InChI is InChI=1S/C12H16N2/c1-10-11(6-5-8-13-10)12-7-3-4-9-14(12)2/h3-6,8,12H,7,9H2,1-2H3. The molecule has 1 atom stereocenters. The van der Waals surface area contributed by atoms with Crippen LogP contribution in [0.1, 0.15) is 23.7 Å². The van der Waals surface area contributed by atoms with Gasteiger partial charge in [0.05, 0.1) is 0 Å². The van der Waals surface area contributed by atoms with E-state index in [1.54, 1.807) is 0 Å². The molecule has 0 bridgehead atoms. The van der Waals surface area contributed by atoms with E-state index in [9.17, 15) is 0 Å². The second-order valence-electron chi connectivity index (χ2n) is 3.84. The number of aromatic nitrogens is 1. The van der Waals surface area contributed by atoms with Crippen LogP contribution in [0, 0.1) is 6.92 Å². The Labute approximate surface area is 85.3 Å². The number of likely N-dealkylation sites (N-methyl/N-ethyl adjacent to an activating group) is 1. The van der Waals surface area contributed by atoms with Gasteiger partial charge in [0.15, 0.2) is 0 Å². The van der Waals surface area contributed by atoms with E-state index in [1.807, 2.05) is 12.3 Å². The summed E-state index contributed by atoms with van der Waals surface area (Å²) < 4.78 is 0. The molecule has 0 spiro atoms. The Hall–Kier alpha value is -1.15. The molecule has 0 saturated carbocycles. The smallest absolute Gasteiger partial charge is 0.0420 e. The van der Waals surface area contributed by atoms with Crippen molar-refractivity contribution in [2.75, 3.05) is 13.6 Å². The van der Waals surface area contributed by atoms with Gasteiger partial charge in [0.1, 0.15) is 0 Å². The molecule has 0 aromatic carbocycles. The molecule has 0 amide bonds. The van der Waals surface area contributed by atoms with Gasteiger partial charge < -0.3 is 0 Å². The Bertz CT molecular complexity index is 344. The van der Waals surface area contributed by atoms with E-state index >= 15 is 0 Å². The molecule has 74 valence electrons. The maximum absolute atomic E-state index is 4.34. The van der Waals surface area contributed by atoms with Crippen LogP contribution in [-0.2, 0) is 0 Å². The lowest BCUT2D eigenvalue weighted by Gasteiger charge is -2.30. The van der Waals surface area contributed by atoms with Gasteiger partial charge in [-0.2, -0.15) is 0 Å². The van der Waals surface area contributed by atoms with Gasteiger partial charge in [-0.05, 0) is 32.0 Å². The van der Waals surface area contributed by atoms with E-state index in [0.717, 1.165) is 18.7 Å². The second kappa shape index (κ2) is 3.93. The summed E-state index contributed by atoms with van der Waals surface area (Å²) in [7, 11) is 2.17. The topological polar surface area (TPSA) is 16.1 Å². The highest BCUT2D eigenvalue weighted by Gasteiger charge is 2.19. The third-order valence-corrected chi connectivity index (χ3v) is 2.86. The molecule has 0 N–H and O–H groups in total. The first-order valence-corrected chi connectivity index (χ1v) is 5.06. The van der Waals surface area contributed by atoms with Crippen molar-refractivity contribution >= 4 is 0 Å². The molecule has 2 nitrogen and oxygen atoms in total. The van der Waals surface area contributed by atoms with Gasteiger partial charge in [-0.25, -0.2) is 0 Å². The minimum absolute atomic E-state index is 0.508. The predicted molar refractivity (Wildman–Crippen MR) is 58.1 cm³/mol. The van der Waals surface area contributed by atoms with Gasteiger partial charge in [0, 0.05) is 24.5 Å². The van der Waals surface area contributed by atoms with Gasteiger partial charge in [0.25, 0.3) is 0 Å². The summed E-state index contributed by atoms with van der Waals surface area (Å²) >= 11 is 0. The lowest BCUT2D eigenvalue weighted by Crippen LogP contribution is -2.27. The predicted octanol–water partition coefficient (Wildman–Crippen LogP) is 2.32. The van der Waals surface area contributed by atoms with Gasteiger partial charge in [-0.1, -0.05) is 18.2 Å². The normalized spacial score (nSPS) is 22.6. The Balaban J connectivity index is 2.30. The molecule has 2 heteroatoms. The lowest BCUT2D eigenvalue weighted by atomic mass is 9.99. The van der Waals surface area contributed by atoms with Gasteiger partial charge in [-0.15, -0.1) is 0 Å². The van der Waals surface area contributed by atoms with Crippen molar-refractivity contribution < 1.29 is 0 Å². The molecule has 0 fully saturated rings. The largest absolute Gasteiger partial charge is 0.295 e. The van der Waals surface area contributed by atoms with E-state index in [4.69, 9.17) is 0 Å². The van der Waals surface area contributed by atoms with Crippen LogP contribution in [0.5, 0.6) is 0 Å². The fraction of sp³-hybridized carbons (Fsp3) is 0.417. The van der Waals surface area contributed by atoms with E-state index in [1.165, 1.54) is 5.56 Å². The zero-order chi connectivity index (χ0) is 9.97. The first kappa shape index (κ1) is 9.41. The van der Waals surface area contributed by atoms with Crippen molar-refractivity contribution in [1.29, 1.82) is 0 Å². The van der Waals surface area contributed by atoms with E-state index in [-0.39, 0.29) is 0 Å². The Morgan fingerprint density at radius 2 is 2.29 bits per heavy atom. The number of pyridine rings is 1. The zero-order valence-corrected chi connectivity index (χ0v) is 8.77. The molecule has 2 rings (SSSR count). The monoisotopic (exact) mass is 188 g/mol. The SMILES string of the molecule is Cc1ncccc1C1CC=CCN1C. The molecule has 2 heterocycles. The molecule has 1 aromatic rings. The molecule has 1 aromatic heterocycles. The molecular formula is C12H16N2. The summed E-state index contributed by atoms with van der Waals surface area (Å²) in [5.74, 6) is 0. The third-order valence-electron chi connectivity index (χ3n) is 2.86. The lowest BCUT2D eigenvalue weighted by molar-refractivity contribution is 0.259. The van der Waals surface area contributed by atoms with E-state index in [2.05, 4.69) is 42.1 Å². The van der Waals surface area contributed by atoms with Crippen molar-refractivity contribution in [1.82, 2.24) is 9.88 Å². The number of aryl methyl sites for hydroxylation is 1. The quantitative estimate of drug-likeness (QED) is 0.629. The van der Waals surface area contributed by atoms with Crippen LogP contribution < -0.4 is 0 Å². The van der Waals surface area contributed by atoms with Crippen LogP contribution in [0.4, 0.5) is 0 Å². The Morgan fingerprint density at radius 3 is 3.00 bits per heavy atom. The van der Waals surface area contributed by atoms with Crippen molar-refractivity contribution in [2.24, 2.45) is 0 Å². The highest BCUT2D eigenvalue weighted by Crippen LogP contribution is 2.27. The fourth-order valence-corrected chi connectivity index (χ4v) is 1.99. The van der Waals surface area contributed by atoms with Crippen LogP contribution in [0.15, 0.2) is 30.5 Å². The molecule has 0 saturated heterocycles. The van der Waals surface area contributed by atoms with Crippen LogP contribution in [0.2, 0.25) is 0 Å². The van der Waals surface area contributed by atoms with Crippen LogP contribution in [0.25, 0.3) is 0 Å². The van der Waals surface area contributed by atoms with Crippen molar-refractivity contribution in [3.63, 3.8) is 0 Å². The Morgan fingerprint density at radius 1 is 1.43 bits per heavy atom. The first-order valence-electron chi connectivity index (χ1n) is 5.06. The molecule has 1 unspecified atom stereocenters.